The van der Waals surface area contributed by atoms with Crippen LogP contribution in [0.4, 0.5) is 0 Å². The first-order valence-corrected chi connectivity index (χ1v) is 8.41. The summed E-state index contributed by atoms with van der Waals surface area (Å²) in [5.74, 6) is 0. The van der Waals surface area contributed by atoms with Gasteiger partial charge in [-0.3, -0.25) is 4.57 Å². The third kappa shape index (κ3) is 1.87. The van der Waals surface area contributed by atoms with E-state index in [1.165, 1.54) is 0 Å². The highest BCUT2D eigenvalue weighted by Gasteiger charge is 2.57. The average molecular weight is 244 g/mol. The van der Waals surface area contributed by atoms with Crippen molar-refractivity contribution in [1.29, 1.82) is 0 Å². The maximum atomic E-state index is 13.3. The van der Waals surface area contributed by atoms with Crippen LogP contribution in [0.15, 0.2) is 0 Å². The molecule has 0 spiro atoms. The molecule has 0 N–H and O–H groups in total. The molecule has 6 atom stereocenters. The zero-order valence-corrected chi connectivity index (χ0v) is 11.9. The van der Waals surface area contributed by atoms with Gasteiger partial charge >= 0.3 is 0 Å². The van der Waals surface area contributed by atoms with Crippen LogP contribution in [0.2, 0.25) is 0 Å². The summed E-state index contributed by atoms with van der Waals surface area (Å²) in [5, 5.41) is 0. The van der Waals surface area contributed by atoms with E-state index in [4.69, 9.17) is 0 Å². The van der Waals surface area contributed by atoms with E-state index < -0.39 is 7.44 Å². The summed E-state index contributed by atoms with van der Waals surface area (Å²) in [6.07, 6.45) is 3.31. The van der Waals surface area contributed by atoms with Crippen LogP contribution in [-0.4, -0.2) is 40.2 Å². The molecule has 2 saturated heterocycles. The van der Waals surface area contributed by atoms with Gasteiger partial charge in [0.15, 0.2) is 0 Å². The van der Waals surface area contributed by atoms with Gasteiger partial charge in [-0.15, -0.1) is 0 Å². The smallest absolute Gasteiger partial charge is 0.219 e. The maximum absolute atomic E-state index is 13.3. The Morgan fingerprint density at radius 2 is 1.56 bits per heavy atom. The van der Waals surface area contributed by atoms with E-state index in [2.05, 4.69) is 37.0 Å². The zero-order valence-electron chi connectivity index (χ0n) is 11.0. The second-order valence-corrected chi connectivity index (χ2v) is 8.30. The molecule has 94 valence electrons. The quantitative estimate of drug-likeness (QED) is 0.529. The van der Waals surface area contributed by atoms with Crippen molar-refractivity contribution in [2.45, 2.75) is 64.7 Å². The predicted octanol–water partition coefficient (Wildman–Crippen LogP) is 3.17. The Balaban J connectivity index is 2.12. The van der Waals surface area contributed by atoms with Crippen molar-refractivity contribution >= 4 is 7.44 Å². The van der Waals surface area contributed by atoms with Gasteiger partial charge in [-0.2, -0.15) is 0 Å². The van der Waals surface area contributed by atoms with Crippen molar-refractivity contribution in [3.63, 3.8) is 0 Å². The van der Waals surface area contributed by atoms with Crippen LogP contribution in [0, 0.1) is 0 Å². The SMILES string of the molecule is CC[C@@H]1CN1P(=O)([C@H](C)CC)N1C[C@@H]1CC. The van der Waals surface area contributed by atoms with Gasteiger partial charge in [0.25, 0.3) is 0 Å². The molecule has 2 aliphatic rings. The molecule has 16 heavy (non-hydrogen) atoms. The van der Waals surface area contributed by atoms with Crippen LogP contribution >= 0.6 is 7.44 Å². The van der Waals surface area contributed by atoms with E-state index in [9.17, 15) is 4.57 Å². The lowest BCUT2D eigenvalue weighted by Crippen LogP contribution is -2.18. The molecular formula is C12H25N2OP. The highest BCUT2D eigenvalue weighted by molar-refractivity contribution is 7.60. The Morgan fingerprint density at radius 1 is 1.12 bits per heavy atom. The molecule has 2 heterocycles. The van der Waals surface area contributed by atoms with Crippen molar-refractivity contribution in [3.05, 3.63) is 0 Å². The first-order chi connectivity index (χ1) is 7.59. The highest BCUT2D eigenvalue weighted by atomic mass is 31.2. The molecule has 0 aromatic heterocycles. The number of hydrogen-bond acceptors (Lipinski definition) is 1. The second-order valence-electron chi connectivity index (χ2n) is 5.21. The van der Waals surface area contributed by atoms with E-state index in [0.717, 1.165) is 32.4 Å². The summed E-state index contributed by atoms with van der Waals surface area (Å²) >= 11 is 0. The molecule has 3 unspecified atom stereocenters. The summed E-state index contributed by atoms with van der Waals surface area (Å²) < 4.78 is 17.8. The number of nitrogens with zero attached hydrogens (tertiary/aromatic N) is 2. The zero-order chi connectivity index (χ0) is 11.9. The fourth-order valence-corrected chi connectivity index (χ4v) is 6.50. The van der Waals surface area contributed by atoms with Gasteiger partial charge in [-0.1, -0.05) is 27.7 Å². The number of rotatable bonds is 6. The van der Waals surface area contributed by atoms with Gasteiger partial charge in [0.2, 0.25) is 7.44 Å². The molecule has 3 nitrogen and oxygen atoms in total. The van der Waals surface area contributed by atoms with Crippen molar-refractivity contribution in [2.24, 2.45) is 0 Å². The van der Waals surface area contributed by atoms with E-state index in [1.54, 1.807) is 0 Å². The van der Waals surface area contributed by atoms with E-state index in [-0.39, 0.29) is 0 Å². The highest BCUT2D eigenvalue weighted by Crippen LogP contribution is 2.68. The fraction of sp³-hybridized carbons (Fsp3) is 1.00. The van der Waals surface area contributed by atoms with E-state index >= 15 is 0 Å². The first-order valence-electron chi connectivity index (χ1n) is 6.73. The lowest BCUT2D eigenvalue weighted by molar-refractivity contribution is 0.482. The maximum Gasteiger partial charge on any atom is 0.219 e. The molecule has 2 fully saturated rings. The molecule has 0 bridgehead atoms. The lowest BCUT2D eigenvalue weighted by Gasteiger charge is -2.27. The average Bonchev–Trinajstić information content (AvgIpc) is 3.18. The van der Waals surface area contributed by atoms with Gasteiger partial charge in [0.1, 0.15) is 0 Å². The van der Waals surface area contributed by atoms with Crippen LogP contribution in [0.1, 0.15) is 47.0 Å². The molecule has 0 aliphatic carbocycles. The third-order valence-corrected chi connectivity index (χ3v) is 8.18. The Morgan fingerprint density at radius 3 is 1.81 bits per heavy atom. The molecule has 0 amide bonds. The molecule has 2 aliphatic heterocycles. The minimum atomic E-state index is -2.21. The minimum absolute atomic E-state index is 0.334. The summed E-state index contributed by atoms with van der Waals surface area (Å²) in [6, 6.07) is 1.19. The molecule has 0 saturated carbocycles. The van der Waals surface area contributed by atoms with Crippen molar-refractivity contribution in [2.75, 3.05) is 13.1 Å². The molecule has 0 radical (unpaired) electrons. The Kier molecular flexibility index (Phi) is 3.49. The normalized spacial score (nSPS) is 42.5. The topological polar surface area (TPSA) is 23.1 Å². The van der Waals surface area contributed by atoms with Gasteiger partial charge in [-0.05, 0) is 19.3 Å². The van der Waals surface area contributed by atoms with Crippen LogP contribution in [0.3, 0.4) is 0 Å². The third-order valence-electron chi connectivity index (χ3n) is 4.22. The van der Waals surface area contributed by atoms with Crippen molar-refractivity contribution in [1.82, 2.24) is 9.34 Å². The molecule has 2 rings (SSSR count). The summed E-state index contributed by atoms with van der Waals surface area (Å²) in [4.78, 5) is 0. The Labute approximate surface area is 99.7 Å². The van der Waals surface area contributed by atoms with Gasteiger partial charge in [0, 0.05) is 30.8 Å². The Hall–Kier alpha value is 0.150. The molecular weight excluding hydrogens is 219 g/mol. The molecule has 0 aromatic carbocycles. The van der Waals surface area contributed by atoms with E-state index in [1.807, 2.05) is 0 Å². The summed E-state index contributed by atoms with van der Waals surface area (Å²) in [6.45, 7) is 10.8. The van der Waals surface area contributed by atoms with Crippen molar-refractivity contribution in [3.8, 4) is 0 Å². The minimum Gasteiger partial charge on any atom is -0.288 e. The van der Waals surface area contributed by atoms with E-state index in [0.29, 0.717) is 17.7 Å². The molecule has 0 aromatic rings. The Bertz CT molecular complexity index is 285. The van der Waals surface area contributed by atoms with Crippen LogP contribution in [-0.2, 0) is 4.57 Å². The monoisotopic (exact) mass is 244 g/mol. The number of hydrogen-bond donors (Lipinski definition) is 0. The standard InChI is InChI=1S/C12H25N2OP/c1-5-10(4)16(15,13-8-11(13)6-2)14-9-12(14)7-3/h10-12H,5-9H2,1-4H3/t10-,11-,12+,13?,14?,16?/m1/s1. The first kappa shape index (κ1) is 12.6. The van der Waals surface area contributed by atoms with Crippen LogP contribution < -0.4 is 0 Å². The largest absolute Gasteiger partial charge is 0.288 e. The van der Waals surface area contributed by atoms with Crippen LogP contribution in [0.5, 0.6) is 0 Å². The summed E-state index contributed by atoms with van der Waals surface area (Å²) in [5.41, 5.74) is 0.334. The van der Waals surface area contributed by atoms with Crippen LogP contribution in [0.25, 0.3) is 0 Å². The van der Waals surface area contributed by atoms with Gasteiger partial charge < -0.3 is 0 Å². The molecule has 4 heteroatoms. The van der Waals surface area contributed by atoms with Gasteiger partial charge in [-0.25, -0.2) is 9.34 Å². The summed E-state index contributed by atoms with van der Waals surface area (Å²) in [7, 11) is -2.21. The lowest BCUT2D eigenvalue weighted by atomic mass is 10.4. The fourth-order valence-electron chi connectivity index (χ4n) is 2.61. The predicted molar refractivity (Wildman–Crippen MR) is 68.9 cm³/mol. The van der Waals surface area contributed by atoms with Gasteiger partial charge in [0.05, 0.1) is 0 Å². The second kappa shape index (κ2) is 4.44. The van der Waals surface area contributed by atoms with Crippen molar-refractivity contribution < 1.29 is 4.57 Å².